The Balaban J connectivity index is 0.955. The van der Waals surface area contributed by atoms with Gasteiger partial charge < -0.3 is 18.8 Å². The normalized spacial score (nSPS) is 12.4. The summed E-state index contributed by atoms with van der Waals surface area (Å²) in [4.78, 5) is 5.37. The van der Waals surface area contributed by atoms with Crippen molar-refractivity contribution in [1.82, 2.24) is 4.57 Å². The third kappa shape index (κ3) is 9.12. The predicted molar refractivity (Wildman–Crippen MR) is 435 cm³/mol. The average molecular weight is 1310 g/mol. The zero-order valence-corrected chi connectivity index (χ0v) is 56.1. The molecule has 103 heavy (non-hydrogen) atoms. The van der Waals surface area contributed by atoms with Crippen molar-refractivity contribution >= 4 is 123 Å². The standard InChI is InChI=1S/C98H62BN3O/c1-6-29-63(30-7-1)72-47-26-48-73(64-31-8-2-9-32-64)97(72)101-87-59-68(71-46-28-54-92-95(71)82-45-22-25-53-91(82)103-92)55-57-83(87)99-84-58-56-69(94-80-43-18-16-41-78(80)93(67-37-14-5-15-38-67)79-42-17-19-44-81(79)94)60-88(84)102(98-74(65-33-10-3-11-34-65)49-27-50-75(98)66-35-12-4-13-36-66)90-62-70(61-89(101)96(90)99)100-85-51-23-20-39-76(85)77-40-21-24-52-86(77)100/h1-62H. The Labute approximate surface area is 597 Å². The second kappa shape index (κ2) is 23.6. The predicted octanol–water partition coefficient (Wildman–Crippen LogP) is 24.7. The van der Waals surface area contributed by atoms with E-state index in [2.05, 4.69) is 390 Å². The molecular formula is C98H62BN3O. The van der Waals surface area contributed by atoms with Gasteiger partial charge in [-0.15, -0.1) is 0 Å². The van der Waals surface area contributed by atoms with Gasteiger partial charge in [0.15, 0.2) is 0 Å². The van der Waals surface area contributed by atoms with Crippen LogP contribution >= 0.6 is 0 Å². The Hall–Kier alpha value is -13.5. The maximum atomic E-state index is 6.71. The van der Waals surface area contributed by atoms with Gasteiger partial charge in [-0.2, -0.15) is 0 Å². The fraction of sp³-hybridized carbons (Fsp3) is 0. The molecule has 0 saturated carbocycles. The summed E-state index contributed by atoms with van der Waals surface area (Å²) in [5.74, 6) is 0. The molecule has 0 atom stereocenters. The Kier molecular flexibility index (Phi) is 13.4. The first-order valence-electron chi connectivity index (χ1n) is 35.6. The molecule has 4 heterocycles. The van der Waals surface area contributed by atoms with E-state index in [-0.39, 0.29) is 6.71 Å². The van der Waals surface area contributed by atoms with Crippen LogP contribution in [0.3, 0.4) is 0 Å². The van der Waals surface area contributed by atoms with Gasteiger partial charge in [-0.25, -0.2) is 0 Å². The number of hydrogen-bond donors (Lipinski definition) is 0. The van der Waals surface area contributed by atoms with E-state index < -0.39 is 0 Å². The number of aromatic nitrogens is 1. The van der Waals surface area contributed by atoms with Gasteiger partial charge >= 0.3 is 0 Å². The molecule has 2 aliphatic rings. The van der Waals surface area contributed by atoms with Crippen LogP contribution in [0.1, 0.15) is 0 Å². The lowest BCUT2D eigenvalue weighted by atomic mass is 9.33. The van der Waals surface area contributed by atoms with Crippen LogP contribution in [0.2, 0.25) is 0 Å². The van der Waals surface area contributed by atoms with Crippen LogP contribution in [-0.2, 0) is 0 Å². The van der Waals surface area contributed by atoms with Gasteiger partial charge in [0.2, 0.25) is 0 Å². The monoisotopic (exact) mass is 1310 g/mol. The number of hydrogen-bond acceptors (Lipinski definition) is 3. The van der Waals surface area contributed by atoms with Gasteiger partial charge in [-0.1, -0.05) is 328 Å². The summed E-state index contributed by atoms with van der Waals surface area (Å²) >= 11 is 0. The summed E-state index contributed by atoms with van der Waals surface area (Å²) in [6.45, 7) is -0.287. The molecule has 0 aliphatic carbocycles. The van der Waals surface area contributed by atoms with Crippen molar-refractivity contribution in [3.63, 3.8) is 0 Å². The summed E-state index contributed by atoms with van der Waals surface area (Å²) in [5.41, 5.74) is 31.1. The number of fused-ring (bicyclic) bond motifs is 12. The lowest BCUT2D eigenvalue weighted by Gasteiger charge is -2.46. The second-order valence-corrected chi connectivity index (χ2v) is 27.3. The summed E-state index contributed by atoms with van der Waals surface area (Å²) in [7, 11) is 0. The highest BCUT2D eigenvalue weighted by Crippen LogP contribution is 2.55. The van der Waals surface area contributed by atoms with Crippen LogP contribution in [0, 0.1) is 0 Å². The summed E-state index contributed by atoms with van der Waals surface area (Å²) in [5, 5.41) is 9.41. The minimum atomic E-state index is -0.287. The minimum Gasteiger partial charge on any atom is -0.456 e. The molecule has 4 nitrogen and oxygen atoms in total. The molecule has 0 spiro atoms. The molecule has 2 aliphatic heterocycles. The topological polar surface area (TPSA) is 24.6 Å². The van der Waals surface area contributed by atoms with Gasteiger partial charge in [-0.05, 0) is 142 Å². The lowest BCUT2D eigenvalue weighted by Crippen LogP contribution is -2.61. The van der Waals surface area contributed by atoms with E-state index in [4.69, 9.17) is 4.42 Å². The third-order valence-corrected chi connectivity index (χ3v) is 21.7. The van der Waals surface area contributed by atoms with Gasteiger partial charge in [0, 0.05) is 66.5 Å². The highest BCUT2D eigenvalue weighted by atomic mass is 16.3. The fourth-order valence-electron chi connectivity index (χ4n) is 17.5. The Morgan fingerprint density at radius 1 is 0.233 bits per heavy atom. The van der Waals surface area contributed by atoms with E-state index in [0.29, 0.717) is 0 Å². The zero-order chi connectivity index (χ0) is 67.6. The van der Waals surface area contributed by atoms with Crippen molar-refractivity contribution in [3.8, 4) is 83.6 Å². The Bertz CT molecular complexity index is 6400. The van der Waals surface area contributed by atoms with Gasteiger partial charge in [0.25, 0.3) is 6.71 Å². The SMILES string of the molecule is c1ccc(-c2cccc(-c3ccccc3)c2N2c3cc(-c4c5ccccc5c(-c5ccccc5)c5ccccc45)ccc3B3c4ccc(-c5cccc6oc7ccccc7c56)cc4N(c4c(-c5ccccc5)cccc4-c4ccccc4)c4cc(-n5c6ccccc6c6ccccc65)cc2c43)cc1. The lowest BCUT2D eigenvalue weighted by molar-refractivity contribution is 0.669. The van der Waals surface area contributed by atoms with Gasteiger partial charge in [-0.3, -0.25) is 0 Å². The first kappa shape index (κ1) is 58.5. The Morgan fingerprint density at radius 3 is 1.05 bits per heavy atom. The molecule has 478 valence electrons. The first-order valence-corrected chi connectivity index (χ1v) is 35.6. The van der Waals surface area contributed by atoms with E-state index in [1.165, 1.54) is 65.4 Å². The molecule has 0 saturated heterocycles. The van der Waals surface area contributed by atoms with Crippen LogP contribution in [0.25, 0.3) is 149 Å². The smallest absolute Gasteiger partial charge is 0.252 e. The molecule has 0 radical (unpaired) electrons. The molecule has 2 aromatic heterocycles. The number of benzene rings is 17. The number of nitrogens with zero attached hydrogens (tertiary/aromatic N) is 3. The van der Waals surface area contributed by atoms with Crippen molar-refractivity contribution in [2.45, 2.75) is 0 Å². The molecule has 0 bridgehead atoms. The quantitative estimate of drug-likeness (QED) is 0.101. The van der Waals surface area contributed by atoms with Gasteiger partial charge in [0.1, 0.15) is 11.2 Å². The number of anilines is 6. The molecule has 5 heteroatoms. The van der Waals surface area contributed by atoms with Crippen molar-refractivity contribution in [1.29, 1.82) is 0 Å². The maximum Gasteiger partial charge on any atom is 0.252 e. The van der Waals surface area contributed by atoms with Crippen LogP contribution in [0.15, 0.2) is 381 Å². The van der Waals surface area contributed by atoms with Crippen molar-refractivity contribution in [3.05, 3.63) is 376 Å². The van der Waals surface area contributed by atoms with Crippen LogP contribution in [0.5, 0.6) is 0 Å². The third-order valence-electron chi connectivity index (χ3n) is 21.7. The number of rotatable bonds is 10. The average Bonchev–Trinajstić information content (AvgIpc) is 1.12. The highest BCUT2D eigenvalue weighted by molar-refractivity contribution is 7.00. The molecule has 0 N–H and O–H groups in total. The van der Waals surface area contributed by atoms with Crippen molar-refractivity contribution in [2.75, 3.05) is 9.80 Å². The number of furan rings is 1. The first-order chi connectivity index (χ1) is 51.2. The molecule has 0 unspecified atom stereocenters. The summed E-state index contributed by atoms with van der Waals surface area (Å²) in [6, 6.07) is 140. The van der Waals surface area contributed by atoms with Gasteiger partial charge in [0.05, 0.1) is 28.1 Å². The second-order valence-electron chi connectivity index (χ2n) is 27.3. The van der Waals surface area contributed by atoms with E-state index in [9.17, 15) is 0 Å². The minimum absolute atomic E-state index is 0.287. The maximum absolute atomic E-state index is 6.71. The van der Waals surface area contributed by atoms with Crippen LogP contribution in [0.4, 0.5) is 34.1 Å². The molecule has 0 amide bonds. The zero-order valence-electron chi connectivity index (χ0n) is 56.1. The van der Waals surface area contributed by atoms with Crippen molar-refractivity contribution < 1.29 is 4.42 Å². The molecular weight excluding hydrogens is 1250 g/mol. The fourth-order valence-corrected chi connectivity index (χ4v) is 17.5. The van der Waals surface area contributed by atoms with E-state index in [1.807, 2.05) is 0 Å². The number of para-hydroxylation sites is 5. The summed E-state index contributed by atoms with van der Waals surface area (Å²) < 4.78 is 9.25. The van der Waals surface area contributed by atoms with Crippen molar-refractivity contribution in [2.24, 2.45) is 0 Å². The molecule has 0 fully saturated rings. The molecule has 19 aromatic rings. The van der Waals surface area contributed by atoms with Crippen LogP contribution in [-0.4, -0.2) is 11.3 Å². The van der Waals surface area contributed by atoms with Crippen LogP contribution < -0.4 is 26.2 Å². The molecule has 21 rings (SSSR count). The van der Waals surface area contributed by atoms with E-state index in [0.717, 1.165) is 134 Å². The molecule has 17 aromatic carbocycles. The summed E-state index contributed by atoms with van der Waals surface area (Å²) in [6.07, 6.45) is 0. The van der Waals surface area contributed by atoms with E-state index >= 15 is 0 Å². The highest BCUT2D eigenvalue weighted by Gasteiger charge is 2.46. The van der Waals surface area contributed by atoms with E-state index in [1.54, 1.807) is 0 Å². The largest absolute Gasteiger partial charge is 0.456 e. The Morgan fingerprint density at radius 2 is 0.583 bits per heavy atom.